The summed E-state index contributed by atoms with van der Waals surface area (Å²) in [6.07, 6.45) is 0. The molecule has 0 heterocycles. The van der Waals surface area contributed by atoms with Crippen molar-refractivity contribution in [2.45, 2.75) is 11.8 Å². The van der Waals surface area contributed by atoms with E-state index < -0.39 is 16.0 Å². The number of benzene rings is 2. The molecule has 0 saturated heterocycles. The lowest BCUT2D eigenvalue weighted by Gasteiger charge is -2.14. The van der Waals surface area contributed by atoms with Gasteiger partial charge in [0, 0.05) is 7.05 Å². The Labute approximate surface area is 135 Å². The van der Waals surface area contributed by atoms with E-state index in [2.05, 4.69) is 0 Å². The normalized spacial score (nSPS) is 11.5. The lowest BCUT2D eigenvalue weighted by atomic mass is 10.2. The first-order valence-electron chi connectivity index (χ1n) is 6.76. The average Bonchev–Trinajstić information content (AvgIpc) is 2.56. The van der Waals surface area contributed by atoms with Gasteiger partial charge in [-0.1, -0.05) is 28.2 Å². The third-order valence-corrected chi connectivity index (χ3v) is 4.87. The highest BCUT2D eigenvalue weighted by atomic mass is 32.2. The van der Waals surface area contributed by atoms with Crippen molar-refractivity contribution in [1.82, 2.24) is 4.47 Å². The molecule has 0 saturated carbocycles. The van der Waals surface area contributed by atoms with Crippen LogP contribution in [-0.4, -0.2) is 33.0 Å². The summed E-state index contributed by atoms with van der Waals surface area (Å²) >= 11 is 0. The van der Waals surface area contributed by atoms with Crippen LogP contribution in [0, 0.1) is 6.92 Å². The zero-order valence-electron chi connectivity index (χ0n) is 13.0. The minimum atomic E-state index is -3.82. The molecule has 7 heteroatoms. The van der Waals surface area contributed by atoms with Crippen molar-refractivity contribution in [3.63, 3.8) is 0 Å². The van der Waals surface area contributed by atoms with Crippen molar-refractivity contribution in [3.05, 3.63) is 59.7 Å². The Bertz CT molecular complexity index is 799. The number of carbonyl (C=O) groups is 1. The Kier molecular flexibility index (Phi) is 5.15. The minimum Gasteiger partial charge on any atom is -0.423 e. The summed E-state index contributed by atoms with van der Waals surface area (Å²) in [5, 5.41) is 0. The second-order valence-electron chi connectivity index (χ2n) is 4.83. The van der Waals surface area contributed by atoms with Gasteiger partial charge in [-0.05, 0) is 37.3 Å². The van der Waals surface area contributed by atoms with Gasteiger partial charge >= 0.3 is 5.97 Å². The molecule has 0 radical (unpaired) electrons. The van der Waals surface area contributed by atoms with E-state index in [1.807, 2.05) is 19.1 Å². The maximum absolute atomic E-state index is 12.2. The number of rotatable bonds is 5. The number of hydrogen-bond acceptors (Lipinski definition) is 5. The third-order valence-electron chi connectivity index (χ3n) is 3.19. The van der Waals surface area contributed by atoms with Crippen LogP contribution in [0.4, 0.5) is 0 Å². The smallest absolute Gasteiger partial charge is 0.343 e. The molecule has 0 fully saturated rings. The molecule has 2 aromatic rings. The zero-order valence-corrected chi connectivity index (χ0v) is 13.8. The molecule has 0 spiro atoms. The van der Waals surface area contributed by atoms with Gasteiger partial charge in [-0.15, -0.1) is 0 Å². The van der Waals surface area contributed by atoms with Crippen LogP contribution in [0.5, 0.6) is 5.75 Å². The predicted octanol–water partition coefficient (Wildman–Crippen LogP) is 2.40. The van der Waals surface area contributed by atoms with Gasteiger partial charge in [0.05, 0.1) is 17.6 Å². The van der Waals surface area contributed by atoms with Crippen LogP contribution in [0.15, 0.2) is 53.4 Å². The van der Waals surface area contributed by atoms with E-state index in [1.54, 1.807) is 12.1 Å². The molecule has 0 aliphatic carbocycles. The molecule has 122 valence electrons. The van der Waals surface area contributed by atoms with Crippen LogP contribution in [0.2, 0.25) is 0 Å². The first-order valence-corrected chi connectivity index (χ1v) is 8.20. The monoisotopic (exact) mass is 335 g/mol. The van der Waals surface area contributed by atoms with Crippen molar-refractivity contribution in [3.8, 4) is 5.75 Å². The van der Waals surface area contributed by atoms with Gasteiger partial charge < -0.3 is 4.74 Å². The molecule has 2 rings (SSSR count). The van der Waals surface area contributed by atoms with E-state index in [4.69, 9.17) is 9.57 Å². The highest BCUT2D eigenvalue weighted by Gasteiger charge is 2.22. The molecule has 0 unspecified atom stereocenters. The van der Waals surface area contributed by atoms with Crippen molar-refractivity contribution >= 4 is 16.0 Å². The molecule has 0 atom stereocenters. The summed E-state index contributed by atoms with van der Waals surface area (Å²) in [6, 6.07) is 12.6. The number of nitrogens with zero attached hydrogens (tertiary/aromatic N) is 1. The van der Waals surface area contributed by atoms with E-state index in [-0.39, 0.29) is 10.5 Å². The quantitative estimate of drug-likeness (QED) is 0.476. The van der Waals surface area contributed by atoms with Crippen LogP contribution in [0.3, 0.4) is 0 Å². The molecule has 0 aromatic heterocycles. The maximum atomic E-state index is 12.2. The Morgan fingerprint density at radius 1 is 1.09 bits per heavy atom. The minimum absolute atomic E-state index is 0.0554. The van der Waals surface area contributed by atoms with E-state index in [9.17, 15) is 13.2 Å². The van der Waals surface area contributed by atoms with Gasteiger partial charge in [0.2, 0.25) is 0 Å². The highest BCUT2D eigenvalue weighted by molar-refractivity contribution is 7.89. The van der Waals surface area contributed by atoms with Gasteiger partial charge in [0.15, 0.2) is 0 Å². The van der Waals surface area contributed by atoms with Gasteiger partial charge in [0.25, 0.3) is 10.0 Å². The van der Waals surface area contributed by atoms with Gasteiger partial charge in [-0.25, -0.2) is 13.2 Å². The Hall–Kier alpha value is -2.22. The predicted molar refractivity (Wildman–Crippen MR) is 84.5 cm³/mol. The number of sulfonamides is 1. The highest BCUT2D eigenvalue weighted by Crippen LogP contribution is 2.18. The first kappa shape index (κ1) is 17.1. The van der Waals surface area contributed by atoms with Crippen LogP contribution in [-0.2, 0) is 14.9 Å². The van der Waals surface area contributed by atoms with Crippen LogP contribution < -0.4 is 4.74 Å². The van der Waals surface area contributed by atoms with Gasteiger partial charge in [-0.2, -0.15) is 0 Å². The standard InChI is InChI=1S/C16H17NO5S/c1-12-7-9-14(10-8-12)22-16(18)13-5-4-6-15(11-13)23(19,20)17(2)21-3/h4-11H,1-3H3. The molecule has 2 aromatic carbocycles. The zero-order chi connectivity index (χ0) is 17.0. The summed E-state index contributed by atoms with van der Waals surface area (Å²) in [4.78, 5) is 16.8. The summed E-state index contributed by atoms with van der Waals surface area (Å²) in [7, 11) is -1.31. The molecule has 0 aliphatic rings. The summed E-state index contributed by atoms with van der Waals surface area (Å²) in [6.45, 7) is 1.92. The first-order chi connectivity index (χ1) is 10.8. The fourth-order valence-electron chi connectivity index (χ4n) is 1.80. The Morgan fingerprint density at radius 3 is 2.35 bits per heavy atom. The number of hydrogen-bond donors (Lipinski definition) is 0. The van der Waals surface area contributed by atoms with E-state index in [0.29, 0.717) is 5.75 Å². The Balaban J connectivity index is 2.25. The number of hydroxylamine groups is 1. The van der Waals surface area contributed by atoms with Crippen molar-refractivity contribution in [2.24, 2.45) is 0 Å². The summed E-state index contributed by atoms with van der Waals surface area (Å²) in [5.41, 5.74) is 1.18. The second-order valence-corrected chi connectivity index (χ2v) is 6.76. The molecular formula is C16H17NO5S. The number of carbonyl (C=O) groups excluding carboxylic acids is 1. The summed E-state index contributed by atoms with van der Waals surface area (Å²) < 4.78 is 30.3. The van der Waals surface area contributed by atoms with Crippen molar-refractivity contribution in [1.29, 1.82) is 0 Å². The summed E-state index contributed by atoms with van der Waals surface area (Å²) in [5.74, 6) is -0.242. The van der Waals surface area contributed by atoms with Gasteiger partial charge in [0.1, 0.15) is 5.75 Å². The topological polar surface area (TPSA) is 72.9 Å². The van der Waals surface area contributed by atoms with E-state index in [1.165, 1.54) is 38.4 Å². The average molecular weight is 335 g/mol. The van der Waals surface area contributed by atoms with Crippen LogP contribution >= 0.6 is 0 Å². The number of ether oxygens (including phenoxy) is 1. The van der Waals surface area contributed by atoms with Crippen molar-refractivity contribution in [2.75, 3.05) is 14.2 Å². The molecule has 23 heavy (non-hydrogen) atoms. The second kappa shape index (κ2) is 6.91. The lowest BCUT2D eigenvalue weighted by molar-refractivity contribution is -0.0258. The van der Waals surface area contributed by atoms with E-state index in [0.717, 1.165) is 10.0 Å². The van der Waals surface area contributed by atoms with Crippen LogP contribution in [0.25, 0.3) is 0 Å². The number of esters is 1. The van der Waals surface area contributed by atoms with Gasteiger partial charge in [-0.3, -0.25) is 4.84 Å². The Morgan fingerprint density at radius 2 is 1.74 bits per heavy atom. The molecule has 0 amide bonds. The lowest BCUT2D eigenvalue weighted by Crippen LogP contribution is -2.26. The molecule has 6 nitrogen and oxygen atoms in total. The fraction of sp³-hybridized carbons (Fsp3) is 0.188. The maximum Gasteiger partial charge on any atom is 0.343 e. The largest absolute Gasteiger partial charge is 0.423 e. The SMILES string of the molecule is CON(C)S(=O)(=O)c1cccc(C(=O)Oc2ccc(C)cc2)c1. The fourth-order valence-corrected chi connectivity index (χ4v) is 2.82. The molecular weight excluding hydrogens is 318 g/mol. The van der Waals surface area contributed by atoms with E-state index >= 15 is 0 Å². The van der Waals surface area contributed by atoms with Crippen molar-refractivity contribution < 1.29 is 22.8 Å². The number of aryl methyl sites for hydroxylation is 1. The molecule has 0 bridgehead atoms. The van der Waals surface area contributed by atoms with Crippen LogP contribution in [0.1, 0.15) is 15.9 Å². The molecule has 0 N–H and O–H groups in total. The molecule has 0 aliphatic heterocycles. The third kappa shape index (κ3) is 3.95.